The minimum atomic E-state index is -0.207. The van der Waals surface area contributed by atoms with E-state index in [0.717, 1.165) is 47.4 Å². The first-order chi connectivity index (χ1) is 13.6. The molecule has 144 valence electrons. The number of nitrogens with one attached hydrogen (secondary N) is 3. The fourth-order valence-corrected chi connectivity index (χ4v) is 3.83. The lowest BCUT2D eigenvalue weighted by Crippen LogP contribution is -2.54. The number of rotatable bonds is 3. The van der Waals surface area contributed by atoms with Gasteiger partial charge in [-0.15, -0.1) is 0 Å². The van der Waals surface area contributed by atoms with Gasteiger partial charge in [0, 0.05) is 54.9 Å². The van der Waals surface area contributed by atoms with Crippen molar-refractivity contribution in [2.75, 3.05) is 32.0 Å². The van der Waals surface area contributed by atoms with Crippen LogP contribution in [0.5, 0.6) is 0 Å². The van der Waals surface area contributed by atoms with Crippen LogP contribution in [0.2, 0.25) is 0 Å². The van der Waals surface area contributed by atoms with E-state index in [1.54, 1.807) is 11.1 Å². The van der Waals surface area contributed by atoms with E-state index in [1.807, 2.05) is 25.2 Å². The number of likely N-dealkylation sites (tertiary alicyclic amines) is 1. The van der Waals surface area contributed by atoms with Gasteiger partial charge >= 0.3 is 0 Å². The van der Waals surface area contributed by atoms with Crippen molar-refractivity contribution in [1.29, 1.82) is 0 Å². The molecule has 28 heavy (non-hydrogen) atoms. The zero-order valence-electron chi connectivity index (χ0n) is 15.5. The molecule has 4 heterocycles. The van der Waals surface area contributed by atoms with Gasteiger partial charge in [0.15, 0.2) is 5.69 Å². The van der Waals surface area contributed by atoms with Crippen LogP contribution < -0.4 is 5.32 Å². The molecular formula is C19H21N7O2. The van der Waals surface area contributed by atoms with Gasteiger partial charge in [0.1, 0.15) is 0 Å². The summed E-state index contributed by atoms with van der Waals surface area (Å²) < 4.78 is 0. The summed E-state index contributed by atoms with van der Waals surface area (Å²) in [6.45, 7) is 2.51. The van der Waals surface area contributed by atoms with Gasteiger partial charge in [-0.2, -0.15) is 10.2 Å². The lowest BCUT2D eigenvalue weighted by Gasteiger charge is -2.38. The van der Waals surface area contributed by atoms with Gasteiger partial charge in [-0.3, -0.25) is 19.8 Å². The zero-order valence-corrected chi connectivity index (χ0v) is 15.5. The van der Waals surface area contributed by atoms with E-state index in [0.29, 0.717) is 18.8 Å². The number of fused-ring (bicyclic) bond motifs is 2. The van der Waals surface area contributed by atoms with Crippen LogP contribution in [0.1, 0.15) is 21.7 Å². The van der Waals surface area contributed by atoms with Crippen molar-refractivity contribution in [2.24, 2.45) is 5.92 Å². The van der Waals surface area contributed by atoms with E-state index in [1.165, 1.54) is 0 Å². The molecule has 1 aromatic carbocycles. The standard InChI is InChI=1S/C19H21N7O2/c1-25-5-4-16-14(10-25)17(24-23-16)19(28)26-8-12(9-26)18(27)21-13-2-3-15-11(6-13)7-20-22-15/h2-3,6-7,12H,4-5,8-10H2,1H3,(H,20,22)(H,21,27)(H,23,24). The summed E-state index contributed by atoms with van der Waals surface area (Å²) in [5.41, 5.74) is 4.18. The Morgan fingerprint density at radius 1 is 1.25 bits per heavy atom. The van der Waals surface area contributed by atoms with E-state index in [2.05, 4.69) is 30.6 Å². The Labute approximate surface area is 161 Å². The molecule has 0 atom stereocenters. The van der Waals surface area contributed by atoms with E-state index in [4.69, 9.17) is 0 Å². The van der Waals surface area contributed by atoms with Crippen LogP contribution in [-0.2, 0) is 17.8 Å². The van der Waals surface area contributed by atoms with Gasteiger partial charge in [0.2, 0.25) is 5.91 Å². The van der Waals surface area contributed by atoms with Crippen LogP contribution in [0.25, 0.3) is 10.9 Å². The highest BCUT2D eigenvalue weighted by molar-refractivity contribution is 5.99. The van der Waals surface area contributed by atoms with Crippen molar-refractivity contribution >= 4 is 28.4 Å². The number of carbonyl (C=O) groups excluding carboxylic acids is 2. The Morgan fingerprint density at radius 2 is 2.11 bits per heavy atom. The molecule has 0 unspecified atom stereocenters. The molecule has 2 amide bonds. The normalized spacial score (nSPS) is 17.4. The number of aromatic amines is 2. The third-order valence-electron chi connectivity index (χ3n) is 5.57. The predicted octanol–water partition coefficient (Wildman–Crippen LogP) is 0.985. The number of likely N-dealkylation sites (N-methyl/N-ethyl adjacent to an activating group) is 1. The van der Waals surface area contributed by atoms with Crippen LogP contribution in [0.15, 0.2) is 24.4 Å². The molecule has 9 heteroatoms. The molecule has 0 spiro atoms. The molecule has 2 aliphatic rings. The number of hydrogen-bond donors (Lipinski definition) is 3. The highest BCUT2D eigenvalue weighted by Crippen LogP contribution is 2.25. The summed E-state index contributed by atoms with van der Waals surface area (Å²) in [6.07, 6.45) is 2.59. The summed E-state index contributed by atoms with van der Waals surface area (Å²) >= 11 is 0. The van der Waals surface area contributed by atoms with Crippen LogP contribution in [0.4, 0.5) is 5.69 Å². The SMILES string of the molecule is CN1CCc2[nH]nc(C(=O)N3CC(C(=O)Nc4ccc5[nH]ncc5c4)C3)c2C1. The molecule has 0 aliphatic carbocycles. The van der Waals surface area contributed by atoms with Crippen molar-refractivity contribution in [2.45, 2.75) is 13.0 Å². The minimum Gasteiger partial charge on any atom is -0.336 e. The largest absolute Gasteiger partial charge is 0.336 e. The first-order valence-electron chi connectivity index (χ1n) is 9.36. The van der Waals surface area contributed by atoms with Gasteiger partial charge in [-0.1, -0.05) is 0 Å². The molecule has 0 saturated carbocycles. The van der Waals surface area contributed by atoms with E-state index < -0.39 is 0 Å². The molecule has 0 radical (unpaired) electrons. The Balaban J connectivity index is 1.22. The second kappa shape index (κ2) is 6.45. The van der Waals surface area contributed by atoms with Crippen LogP contribution in [0.3, 0.4) is 0 Å². The van der Waals surface area contributed by atoms with E-state index in [-0.39, 0.29) is 17.7 Å². The maximum absolute atomic E-state index is 12.8. The number of anilines is 1. The monoisotopic (exact) mass is 379 g/mol. The molecule has 5 rings (SSSR count). The number of benzene rings is 1. The summed E-state index contributed by atoms with van der Waals surface area (Å²) in [4.78, 5) is 29.2. The summed E-state index contributed by atoms with van der Waals surface area (Å²) in [5.74, 6) is -0.381. The Hall–Kier alpha value is -3.20. The number of hydrogen-bond acceptors (Lipinski definition) is 5. The molecule has 9 nitrogen and oxygen atoms in total. The van der Waals surface area contributed by atoms with Gasteiger partial charge in [0.25, 0.3) is 5.91 Å². The Morgan fingerprint density at radius 3 is 2.96 bits per heavy atom. The number of H-pyrrole nitrogens is 2. The number of nitrogens with zero attached hydrogens (tertiary/aromatic N) is 4. The quantitative estimate of drug-likeness (QED) is 0.629. The van der Waals surface area contributed by atoms with Gasteiger partial charge in [-0.25, -0.2) is 0 Å². The van der Waals surface area contributed by atoms with Crippen molar-refractivity contribution < 1.29 is 9.59 Å². The summed E-state index contributed by atoms with van der Waals surface area (Å²) in [7, 11) is 2.04. The molecule has 2 aliphatic heterocycles. The Kier molecular flexibility index (Phi) is 3.90. The van der Waals surface area contributed by atoms with Gasteiger partial charge in [0.05, 0.1) is 17.6 Å². The highest BCUT2D eigenvalue weighted by atomic mass is 16.2. The average molecular weight is 379 g/mol. The molecule has 3 N–H and O–H groups in total. The topological polar surface area (TPSA) is 110 Å². The second-order valence-electron chi connectivity index (χ2n) is 7.59. The van der Waals surface area contributed by atoms with Crippen LogP contribution in [-0.4, -0.2) is 68.7 Å². The first-order valence-corrected chi connectivity index (χ1v) is 9.36. The smallest absolute Gasteiger partial charge is 0.274 e. The molecule has 3 aromatic rings. The lowest BCUT2D eigenvalue weighted by atomic mass is 9.97. The minimum absolute atomic E-state index is 0.0734. The van der Waals surface area contributed by atoms with Crippen molar-refractivity contribution in [1.82, 2.24) is 30.2 Å². The predicted molar refractivity (Wildman–Crippen MR) is 103 cm³/mol. The molecular weight excluding hydrogens is 358 g/mol. The third kappa shape index (κ3) is 2.84. The van der Waals surface area contributed by atoms with Crippen molar-refractivity contribution in [3.8, 4) is 0 Å². The summed E-state index contributed by atoms with van der Waals surface area (Å²) in [6, 6.07) is 5.60. The lowest BCUT2D eigenvalue weighted by molar-refractivity contribution is -0.123. The van der Waals surface area contributed by atoms with Crippen LogP contribution in [0, 0.1) is 5.92 Å². The number of amides is 2. The fourth-order valence-electron chi connectivity index (χ4n) is 3.83. The van der Waals surface area contributed by atoms with Gasteiger partial charge < -0.3 is 15.1 Å². The fraction of sp³-hybridized carbons (Fsp3) is 0.368. The van der Waals surface area contributed by atoms with E-state index >= 15 is 0 Å². The average Bonchev–Trinajstić information content (AvgIpc) is 3.26. The van der Waals surface area contributed by atoms with Crippen molar-refractivity contribution in [3.63, 3.8) is 0 Å². The van der Waals surface area contributed by atoms with Crippen molar-refractivity contribution in [3.05, 3.63) is 41.3 Å². The summed E-state index contributed by atoms with van der Waals surface area (Å²) in [5, 5.41) is 18.0. The van der Waals surface area contributed by atoms with E-state index in [9.17, 15) is 9.59 Å². The Bertz CT molecular complexity index is 1060. The maximum atomic E-state index is 12.8. The molecule has 2 aromatic heterocycles. The second-order valence-corrected chi connectivity index (χ2v) is 7.59. The molecule has 1 saturated heterocycles. The van der Waals surface area contributed by atoms with Crippen LogP contribution >= 0.6 is 0 Å². The molecule has 1 fully saturated rings. The van der Waals surface area contributed by atoms with Gasteiger partial charge in [-0.05, 0) is 25.2 Å². The zero-order chi connectivity index (χ0) is 19.3. The maximum Gasteiger partial charge on any atom is 0.274 e. The number of aromatic nitrogens is 4. The molecule has 0 bridgehead atoms. The first kappa shape index (κ1) is 16.9. The third-order valence-corrected chi connectivity index (χ3v) is 5.57. The highest BCUT2D eigenvalue weighted by Gasteiger charge is 2.38. The number of carbonyl (C=O) groups is 2.